The first kappa shape index (κ1) is 13.7. The van der Waals surface area contributed by atoms with Crippen LogP contribution in [0.3, 0.4) is 0 Å². The molecule has 0 aromatic heterocycles. The highest BCUT2D eigenvalue weighted by Gasteiger charge is 2.44. The molecule has 1 aliphatic carbocycles. The van der Waals surface area contributed by atoms with E-state index in [1.54, 1.807) is 16.4 Å². The molecule has 19 heavy (non-hydrogen) atoms. The predicted octanol–water partition coefficient (Wildman–Crippen LogP) is 3.25. The second kappa shape index (κ2) is 4.92. The fourth-order valence-corrected chi connectivity index (χ4v) is 5.49. The van der Waals surface area contributed by atoms with E-state index in [-0.39, 0.29) is 16.8 Å². The zero-order chi connectivity index (χ0) is 13.6. The smallest absolute Gasteiger partial charge is 0.207 e. The van der Waals surface area contributed by atoms with Crippen molar-refractivity contribution in [2.24, 2.45) is 5.92 Å². The maximum Gasteiger partial charge on any atom is 0.243 e. The Bertz CT molecular complexity index is 603. The van der Waals surface area contributed by atoms with Crippen molar-refractivity contribution in [2.75, 3.05) is 6.54 Å². The molecule has 1 heterocycles. The monoisotopic (exact) mass is 319 g/mol. The van der Waals surface area contributed by atoms with Gasteiger partial charge in [0, 0.05) is 23.5 Å². The number of fused-ring (bicyclic) bond motifs is 2. The van der Waals surface area contributed by atoms with Crippen LogP contribution in [-0.2, 0) is 15.9 Å². The van der Waals surface area contributed by atoms with Gasteiger partial charge in [-0.15, -0.1) is 11.6 Å². The summed E-state index contributed by atoms with van der Waals surface area (Å²) >= 11 is 11.8. The van der Waals surface area contributed by atoms with Crippen LogP contribution in [0, 0.1) is 5.92 Å². The molecule has 1 aromatic carbocycles. The fraction of sp³-hybridized carbons (Fsp3) is 0.538. The number of piperidine rings is 1. The standard InChI is InChI=1S/C13H15Cl2NO2S/c14-7-10-2-4-12(6-13(10)15)19(17,18)16-8-9-1-3-11(16)5-9/h2,4,6,9,11H,1,3,5,7-8H2. The maximum absolute atomic E-state index is 12.6. The first-order valence-corrected chi connectivity index (χ1v) is 8.74. The van der Waals surface area contributed by atoms with Crippen molar-refractivity contribution < 1.29 is 8.42 Å². The summed E-state index contributed by atoms with van der Waals surface area (Å²) in [6.07, 6.45) is 3.15. The van der Waals surface area contributed by atoms with Crippen molar-refractivity contribution in [3.8, 4) is 0 Å². The van der Waals surface area contributed by atoms with Gasteiger partial charge in [0.25, 0.3) is 0 Å². The lowest BCUT2D eigenvalue weighted by Gasteiger charge is -2.26. The summed E-state index contributed by atoms with van der Waals surface area (Å²) in [5.41, 5.74) is 0.755. The van der Waals surface area contributed by atoms with Gasteiger partial charge in [0.15, 0.2) is 0 Å². The summed E-state index contributed by atoms with van der Waals surface area (Å²) in [6.45, 7) is 0.655. The van der Waals surface area contributed by atoms with E-state index in [2.05, 4.69) is 0 Å². The molecule has 2 bridgehead atoms. The van der Waals surface area contributed by atoms with E-state index in [0.717, 1.165) is 24.8 Å². The lowest BCUT2D eigenvalue weighted by molar-refractivity contribution is 0.333. The SMILES string of the molecule is O=S(=O)(c1ccc(CCl)c(Cl)c1)N1CC2CCC1C2. The van der Waals surface area contributed by atoms with Crippen LogP contribution in [-0.4, -0.2) is 25.3 Å². The Morgan fingerprint density at radius 3 is 2.63 bits per heavy atom. The molecule has 104 valence electrons. The normalized spacial score (nSPS) is 27.1. The summed E-state index contributed by atoms with van der Waals surface area (Å²) in [6, 6.07) is 4.99. The molecule has 1 saturated heterocycles. The molecule has 3 rings (SSSR count). The summed E-state index contributed by atoms with van der Waals surface area (Å²) in [5.74, 6) is 0.825. The van der Waals surface area contributed by atoms with Crippen LogP contribution in [0.5, 0.6) is 0 Å². The van der Waals surface area contributed by atoms with Crippen molar-refractivity contribution in [3.63, 3.8) is 0 Å². The van der Waals surface area contributed by atoms with Crippen molar-refractivity contribution in [2.45, 2.75) is 36.1 Å². The van der Waals surface area contributed by atoms with Crippen molar-refractivity contribution in [1.82, 2.24) is 4.31 Å². The van der Waals surface area contributed by atoms with Gasteiger partial charge in [-0.25, -0.2) is 8.42 Å². The zero-order valence-electron chi connectivity index (χ0n) is 10.4. The highest BCUT2D eigenvalue weighted by atomic mass is 35.5. The van der Waals surface area contributed by atoms with Crippen LogP contribution in [0.15, 0.2) is 23.1 Å². The molecular formula is C13H15Cl2NO2S. The minimum Gasteiger partial charge on any atom is -0.207 e. The summed E-state index contributed by atoms with van der Waals surface area (Å²) in [7, 11) is -3.41. The Morgan fingerprint density at radius 1 is 1.32 bits per heavy atom. The number of sulfonamides is 1. The van der Waals surface area contributed by atoms with Gasteiger partial charge >= 0.3 is 0 Å². The first-order chi connectivity index (χ1) is 9.02. The van der Waals surface area contributed by atoms with E-state index in [0.29, 0.717) is 17.5 Å². The first-order valence-electron chi connectivity index (χ1n) is 6.38. The average molecular weight is 320 g/mol. The second-order valence-electron chi connectivity index (χ2n) is 5.29. The molecule has 2 unspecified atom stereocenters. The Balaban J connectivity index is 1.94. The van der Waals surface area contributed by atoms with Gasteiger partial charge in [0.2, 0.25) is 10.0 Å². The minimum absolute atomic E-state index is 0.182. The molecule has 1 aliphatic heterocycles. The Labute approximate surface area is 123 Å². The third-order valence-corrected chi connectivity index (χ3v) is 6.69. The van der Waals surface area contributed by atoms with Gasteiger partial charge < -0.3 is 0 Å². The van der Waals surface area contributed by atoms with E-state index < -0.39 is 10.0 Å². The number of alkyl halides is 1. The summed E-state index contributed by atoms with van der Waals surface area (Å²) < 4.78 is 26.9. The van der Waals surface area contributed by atoms with Gasteiger partial charge in [0.05, 0.1) is 4.90 Å². The highest BCUT2D eigenvalue weighted by molar-refractivity contribution is 7.89. The molecule has 1 saturated carbocycles. The molecular weight excluding hydrogens is 305 g/mol. The second-order valence-corrected chi connectivity index (χ2v) is 7.86. The highest BCUT2D eigenvalue weighted by Crippen LogP contribution is 2.40. The maximum atomic E-state index is 12.6. The van der Waals surface area contributed by atoms with E-state index in [1.165, 1.54) is 6.07 Å². The lowest BCUT2D eigenvalue weighted by atomic mass is 10.1. The molecule has 1 aromatic rings. The molecule has 2 fully saturated rings. The Hall–Kier alpha value is -0.290. The van der Waals surface area contributed by atoms with Crippen LogP contribution in [0.2, 0.25) is 5.02 Å². The number of rotatable bonds is 3. The van der Waals surface area contributed by atoms with E-state index in [9.17, 15) is 8.42 Å². The lowest BCUT2D eigenvalue weighted by Crippen LogP contribution is -2.37. The third-order valence-electron chi connectivity index (χ3n) is 4.13. The fourth-order valence-electron chi connectivity index (χ4n) is 3.11. The molecule has 0 N–H and O–H groups in total. The number of nitrogens with zero attached hydrogens (tertiary/aromatic N) is 1. The molecule has 2 aliphatic rings. The Morgan fingerprint density at radius 2 is 2.11 bits per heavy atom. The third kappa shape index (κ3) is 2.29. The topological polar surface area (TPSA) is 37.4 Å². The van der Waals surface area contributed by atoms with E-state index in [4.69, 9.17) is 23.2 Å². The predicted molar refractivity (Wildman–Crippen MR) is 76.0 cm³/mol. The largest absolute Gasteiger partial charge is 0.243 e. The van der Waals surface area contributed by atoms with Gasteiger partial charge in [-0.05, 0) is 42.9 Å². The average Bonchev–Trinajstić information content (AvgIpc) is 3.01. The molecule has 0 spiro atoms. The summed E-state index contributed by atoms with van der Waals surface area (Å²) in [4.78, 5) is 0.277. The quantitative estimate of drug-likeness (QED) is 0.802. The van der Waals surface area contributed by atoms with Gasteiger partial charge in [-0.2, -0.15) is 4.31 Å². The van der Waals surface area contributed by atoms with Crippen molar-refractivity contribution in [3.05, 3.63) is 28.8 Å². The van der Waals surface area contributed by atoms with Crippen LogP contribution in [0.1, 0.15) is 24.8 Å². The molecule has 2 atom stereocenters. The zero-order valence-corrected chi connectivity index (χ0v) is 12.7. The van der Waals surface area contributed by atoms with Gasteiger partial charge in [0.1, 0.15) is 0 Å². The molecule has 3 nitrogen and oxygen atoms in total. The van der Waals surface area contributed by atoms with Crippen LogP contribution in [0.25, 0.3) is 0 Å². The Kier molecular flexibility index (Phi) is 3.54. The van der Waals surface area contributed by atoms with Gasteiger partial charge in [-0.1, -0.05) is 17.7 Å². The molecule has 6 heteroatoms. The van der Waals surface area contributed by atoms with Crippen LogP contribution >= 0.6 is 23.2 Å². The number of halogens is 2. The van der Waals surface area contributed by atoms with E-state index >= 15 is 0 Å². The van der Waals surface area contributed by atoms with Crippen molar-refractivity contribution >= 4 is 33.2 Å². The number of hydrogen-bond acceptors (Lipinski definition) is 2. The number of benzene rings is 1. The summed E-state index contributed by atoms with van der Waals surface area (Å²) in [5, 5.41) is 0.417. The molecule has 0 radical (unpaired) electrons. The minimum atomic E-state index is -3.41. The van der Waals surface area contributed by atoms with E-state index in [1.807, 2.05) is 0 Å². The van der Waals surface area contributed by atoms with Crippen molar-refractivity contribution in [1.29, 1.82) is 0 Å². The van der Waals surface area contributed by atoms with Crippen LogP contribution < -0.4 is 0 Å². The van der Waals surface area contributed by atoms with Gasteiger partial charge in [-0.3, -0.25) is 0 Å². The molecule has 0 amide bonds. The number of hydrogen-bond donors (Lipinski definition) is 0. The van der Waals surface area contributed by atoms with Crippen LogP contribution in [0.4, 0.5) is 0 Å².